The molecule has 17 heteroatoms. The first-order valence-electron chi connectivity index (χ1n) is 21.8. The van der Waals surface area contributed by atoms with Crippen molar-refractivity contribution in [3.05, 3.63) is 179 Å². The number of fused-ring (bicyclic) bond motifs is 2. The fourth-order valence-corrected chi connectivity index (χ4v) is 9.08. The number of carboxylic acid groups (broad SMARTS) is 2. The normalized spacial score (nSPS) is 15.4. The summed E-state index contributed by atoms with van der Waals surface area (Å²) in [4.78, 5) is 80.3. The molecule has 2 aliphatic heterocycles. The Morgan fingerprint density at radius 1 is 0.638 bits per heavy atom. The van der Waals surface area contributed by atoms with Gasteiger partial charge in [0.25, 0.3) is 11.1 Å². The van der Waals surface area contributed by atoms with Gasteiger partial charge in [0.05, 0.1) is 54.6 Å². The summed E-state index contributed by atoms with van der Waals surface area (Å²) in [5, 5.41) is 31.6. The first kappa shape index (κ1) is 48.0. The zero-order chi connectivity index (χ0) is 48.9. The maximum atomic E-state index is 13.6. The van der Waals surface area contributed by atoms with Gasteiger partial charge in [-0.3, -0.25) is 28.8 Å². The van der Waals surface area contributed by atoms with E-state index in [1.807, 2.05) is 110 Å². The minimum Gasteiger partial charge on any atom is -0.497 e. The van der Waals surface area contributed by atoms with Crippen molar-refractivity contribution >= 4 is 88.8 Å². The second-order valence-electron chi connectivity index (χ2n) is 16.5. The van der Waals surface area contributed by atoms with Crippen molar-refractivity contribution < 1.29 is 34.1 Å². The Kier molecular flexibility index (Phi) is 14.5. The molecule has 350 valence electrons. The van der Waals surface area contributed by atoms with Gasteiger partial charge in [-0.2, -0.15) is 10.2 Å². The number of amides is 2. The third-order valence-electron chi connectivity index (χ3n) is 11.8. The summed E-state index contributed by atoms with van der Waals surface area (Å²) in [7, 11) is 1.57. The number of aromatic nitrogens is 2. The molecule has 15 nitrogen and oxygen atoms in total. The molecular formula is C52H44Br2N6O9. The number of H-pyrrole nitrogens is 2. The van der Waals surface area contributed by atoms with Crippen LogP contribution in [0.4, 0.5) is 0 Å². The maximum Gasteiger partial charge on any atom is 0.303 e. The number of aromatic amines is 2. The number of ether oxygens (including phenoxy) is 1. The van der Waals surface area contributed by atoms with Crippen molar-refractivity contribution in [3.63, 3.8) is 0 Å². The number of aryl methyl sites for hydroxylation is 1. The molecule has 0 bridgehead atoms. The number of carbonyl (C=O) groups is 4. The zero-order valence-corrected chi connectivity index (χ0v) is 40.4. The van der Waals surface area contributed by atoms with Gasteiger partial charge in [0.1, 0.15) is 5.75 Å². The van der Waals surface area contributed by atoms with Gasteiger partial charge in [0, 0.05) is 56.6 Å². The Hall–Kier alpha value is -7.50. The van der Waals surface area contributed by atoms with E-state index in [0.29, 0.717) is 40.2 Å². The number of methoxy groups -OCH3 is 1. The molecule has 2 atom stereocenters. The first-order chi connectivity index (χ1) is 33.2. The smallest absolute Gasteiger partial charge is 0.303 e. The molecule has 5 aromatic carbocycles. The van der Waals surface area contributed by atoms with Crippen molar-refractivity contribution in [2.24, 2.45) is 10.2 Å². The fourth-order valence-electron chi connectivity index (χ4n) is 8.46. The van der Waals surface area contributed by atoms with Gasteiger partial charge < -0.3 is 24.9 Å². The van der Waals surface area contributed by atoms with Crippen LogP contribution in [0.5, 0.6) is 5.75 Å². The number of hydrazone groups is 2. The topological polar surface area (TPSA) is 215 Å². The summed E-state index contributed by atoms with van der Waals surface area (Å²) in [5.41, 5.74) is 6.85. The number of carboxylic acids is 2. The monoisotopic (exact) mass is 1050 g/mol. The number of benzene rings is 5. The molecule has 0 spiro atoms. The molecule has 0 saturated carbocycles. The van der Waals surface area contributed by atoms with Crippen LogP contribution < -0.4 is 15.9 Å². The predicted molar refractivity (Wildman–Crippen MR) is 269 cm³/mol. The molecule has 0 radical (unpaired) electrons. The van der Waals surface area contributed by atoms with Crippen LogP contribution in [-0.2, 0) is 19.2 Å². The third kappa shape index (κ3) is 10.8. The summed E-state index contributed by atoms with van der Waals surface area (Å²) in [5.74, 6) is -2.26. The molecule has 4 N–H and O–H groups in total. The summed E-state index contributed by atoms with van der Waals surface area (Å²) < 4.78 is 7.03. The van der Waals surface area contributed by atoms with E-state index in [-0.39, 0.29) is 43.2 Å². The summed E-state index contributed by atoms with van der Waals surface area (Å²) in [6.07, 6.45) is -0.301. The molecule has 2 aromatic heterocycles. The highest BCUT2D eigenvalue weighted by Gasteiger charge is 2.36. The lowest BCUT2D eigenvalue weighted by atomic mass is 9.91. The third-order valence-corrected chi connectivity index (χ3v) is 12.9. The standard InChI is InChI=1S/C29H24BrN3O5.C23H20BrN3O4/c1-38-20-10-7-17(8-11-20)24-16-23(32-33(24)25(34)13-14-26(35)36)28-27(18-5-3-2-4-6-18)21-15-19(30)9-12-22(21)31-29(28)37;1-13-2-3-15-11-17(23(31)25-18(15)10-13)19-12-20(14-4-6-16(24)7-5-14)27(26-19)21(28)8-9-22(29)30/h2-12,15,24H,13-14,16H2,1H3,(H,31,37)(H,35,36);2-7,10-11,20H,8-9,12H2,1H3,(H,25,31)(H,29,30). The Bertz CT molecular complexity index is 3320. The van der Waals surface area contributed by atoms with Gasteiger partial charge in [0.15, 0.2) is 0 Å². The minimum absolute atomic E-state index is 0.160. The van der Waals surface area contributed by atoms with E-state index < -0.39 is 35.8 Å². The average Bonchev–Trinajstić information content (AvgIpc) is 3.99. The number of halogens is 2. The zero-order valence-electron chi connectivity index (χ0n) is 37.2. The maximum absolute atomic E-state index is 13.6. The van der Waals surface area contributed by atoms with Crippen LogP contribution in [0, 0.1) is 6.92 Å². The Labute approximate surface area is 411 Å². The van der Waals surface area contributed by atoms with E-state index in [1.165, 1.54) is 10.0 Å². The summed E-state index contributed by atoms with van der Waals surface area (Å²) >= 11 is 6.95. The van der Waals surface area contributed by atoms with Crippen LogP contribution in [0.2, 0.25) is 0 Å². The largest absolute Gasteiger partial charge is 0.497 e. The number of rotatable bonds is 12. The van der Waals surface area contributed by atoms with Crippen molar-refractivity contribution in [2.45, 2.75) is 57.5 Å². The number of aliphatic carboxylic acids is 2. The van der Waals surface area contributed by atoms with Crippen LogP contribution in [0.1, 0.15) is 78.4 Å². The van der Waals surface area contributed by atoms with Crippen molar-refractivity contribution in [2.75, 3.05) is 7.11 Å². The van der Waals surface area contributed by atoms with Crippen LogP contribution >= 0.6 is 31.9 Å². The molecule has 0 fully saturated rings. The molecule has 69 heavy (non-hydrogen) atoms. The summed E-state index contributed by atoms with van der Waals surface area (Å²) in [6, 6.07) is 36.7. The number of nitrogens with one attached hydrogen (secondary N) is 2. The SMILES string of the molecule is COc1ccc(C2CC(c3c(-c4ccccc4)c4cc(Br)ccc4[nH]c3=O)=NN2C(=O)CCC(=O)O)cc1.Cc1ccc2cc(C3=NN(C(=O)CCC(=O)O)C(c4ccc(Br)cc4)C3)c(=O)[nH]c2c1. The van der Waals surface area contributed by atoms with E-state index in [0.717, 1.165) is 53.1 Å². The molecule has 0 aliphatic carbocycles. The highest BCUT2D eigenvalue weighted by atomic mass is 79.9. The number of carbonyl (C=O) groups excluding carboxylic acids is 2. The van der Waals surface area contributed by atoms with E-state index in [2.05, 4.69) is 52.0 Å². The van der Waals surface area contributed by atoms with E-state index >= 15 is 0 Å². The number of pyridine rings is 2. The van der Waals surface area contributed by atoms with Crippen LogP contribution in [0.15, 0.2) is 150 Å². The number of nitrogens with zero attached hydrogens (tertiary/aromatic N) is 4. The van der Waals surface area contributed by atoms with Gasteiger partial charge in [0.2, 0.25) is 11.8 Å². The first-order valence-corrected chi connectivity index (χ1v) is 23.4. The highest BCUT2D eigenvalue weighted by Crippen LogP contribution is 2.39. The Morgan fingerprint density at radius 2 is 1.20 bits per heavy atom. The second kappa shape index (κ2) is 20.8. The fraction of sp³-hybridized carbons (Fsp3) is 0.192. The minimum atomic E-state index is -1.06. The lowest BCUT2D eigenvalue weighted by molar-refractivity contribution is -0.141. The number of hydrogen-bond acceptors (Lipinski definition) is 9. The Morgan fingerprint density at radius 3 is 1.81 bits per heavy atom. The Balaban J connectivity index is 0.000000190. The van der Waals surface area contributed by atoms with Gasteiger partial charge in [-0.15, -0.1) is 0 Å². The van der Waals surface area contributed by atoms with Crippen molar-refractivity contribution in [1.29, 1.82) is 0 Å². The molecule has 4 heterocycles. The average molecular weight is 1060 g/mol. The molecule has 7 aromatic rings. The lowest BCUT2D eigenvalue weighted by Gasteiger charge is -2.22. The van der Waals surface area contributed by atoms with Crippen molar-refractivity contribution in [3.8, 4) is 16.9 Å². The van der Waals surface area contributed by atoms with Gasteiger partial charge in [-0.1, -0.05) is 98.6 Å². The van der Waals surface area contributed by atoms with Crippen molar-refractivity contribution in [1.82, 2.24) is 20.0 Å². The predicted octanol–water partition coefficient (Wildman–Crippen LogP) is 9.65. The highest BCUT2D eigenvalue weighted by molar-refractivity contribution is 9.10. The van der Waals surface area contributed by atoms with Crippen LogP contribution in [0.3, 0.4) is 0 Å². The van der Waals surface area contributed by atoms with Gasteiger partial charge in [-0.05, 0) is 89.2 Å². The molecule has 9 rings (SSSR count). The van der Waals surface area contributed by atoms with Crippen LogP contribution in [-0.4, -0.2) is 72.5 Å². The number of hydrogen-bond donors (Lipinski definition) is 4. The van der Waals surface area contributed by atoms with E-state index in [4.69, 9.17) is 14.9 Å². The molecule has 2 aliphatic rings. The molecular weight excluding hydrogens is 1010 g/mol. The molecule has 2 amide bonds. The summed E-state index contributed by atoms with van der Waals surface area (Å²) in [6.45, 7) is 1.95. The quantitative estimate of drug-likeness (QED) is 0.0915. The van der Waals surface area contributed by atoms with E-state index in [1.54, 1.807) is 25.3 Å². The second-order valence-corrected chi connectivity index (χ2v) is 18.3. The van der Waals surface area contributed by atoms with Crippen LogP contribution in [0.25, 0.3) is 32.9 Å². The molecule has 0 saturated heterocycles. The van der Waals surface area contributed by atoms with E-state index in [9.17, 15) is 28.8 Å². The lowest BCUT2D eigenvalue weighted by Crippen LogP contribution is -2.27. The van der Waals surface area contributed by atoms with Gasteiger partial charge >= 0.3 is 11.9 Å². The molecule has 2 unspecified atom stereocenters. The van der Waals surface area contributed by atoms with Gasteiger partial charge in [-0.25, -0.2) is 10.0 Å².